The van der Waals surface area contributed by atoms with Crippen molar-refractivity contribution in [1.29, 1.82) is 0 Å². The largest absolute Gasteiger partial charge is 0.313 e. The van der Waals surface area contributed by atoms with E-state index >= 15 is 0 Å². The van der Waals surface area contributed by atoms with Crippen molar-refractivity contribution in [3.8, 4) is 0 Å². The molecule has 4 heteroatoms. The van der Waals surface area contributed by atoms with E-state index in [-0.39, 0.29) is 0 Å². The molecular weight excluding hydrogens is 242 g/mol. The van der Waals surface area contributed by atoms with E-state index in [1.165, 1.54) is 37.0 Å². The van der Waals surface area contributed by atoms with Gasteiger partial charge in [0.2, 0.25) is 0 Å². The minimum atomic E-state index is 0.454. The van der Waals surface area contributed by atoms with Crippen LogP contribution in [0.3, 0.4) is 0 Å². The zero-order valence-electron chi connectivity index (χ0n) is 12.0. The predicted molar refractivity (Wildman–Crippen MR) is 81.2 cm³/mol. The SMILES string of the molecule is CSCCCCCCNCc1cnn(C(C)C)c1. The smallest absolute Gasteiger partial charge is 0.0534 e. The maximum Gasteiger partial charge on any atom is 0.0534 e. The van der Waals surface area contributed by atoms with Crippen molar-refractivity contribution in [3.63, 3.8) is 0 Å². The second-order valence-corrected chi connectivity index (χ2v) is 5.99. The highest BCUT2D eigenvalue weighted by atomic mass is 32.2. The Morgan fingerprint density at radius 2 is 2.06 bits per heavy atom. The van der Waals surface area contributed by atoms with Crippen molar-refractivity contribution in [3.05, 3.63) is 18.0 Å². The molecule has 3 nitrogen and oxygen atoms in total. The van der Waals surface area contributed by atoms with Crippen LogP contribution in [-0.4, -0.2) is 28.3 Å². The molecule has 1 N–H and O–H groups in total. The Hall–Kier alpha value is -0.480. The van der Waals surface area contributed by atoms with Crippen LogP contribution < -0.4 is 5.32 Å². The van der Waals surface area contributed by atoms with E-state index < -0.39 is 0 Å². The molecule has 104 valence electrons. The van der Waals surface area contributed by atoms with Crippen LogP contribution in [0.2, 0.25) is 0 Å². The normalized spacial score (nSPS) is 11.3. The van der Waals surface area contributed by atoms with Crippen LogP contribution in [0.15, 0.2) is 12.4 Å². The number of hydrogen-bond acceptors (Lipinski definition) is 3. The summed E-state index contributed by atoms with van der Waals surface area (Å²) in [5.41, 5.74) is 1.28. The fourth-order valence-electron chi connectivity index (χ4n) is 1.83. The molecule has 0 saturated carbocycles. The molecule has 0 aliphatic heterocycles. The summed E-state index contributed by atoms with van der Waals surface area (Å²) < 4.78 is 2.01. The molecule has 0 spiro atoms. The summed E-state index contributed by atoms with van der Waals surface area (Å²) in [4.78, 5) is 0. The molecule has 0 unspecified atom stereocenters. The summed E-state index contributed by atoms with van der Waals surface area (Å²) in [7, 11) is 0. The first kappa shape index (κ1) is 15.6. The minimum Gasteiger partial charge on any atom is -0.313 e. The molecule has 0 bridgehead atoms. The topological polar surface area (TPSA) is 29.9 Å². The lowest BCUT2D eigenvalue weighted by Crippen LogP contribution is -2.14. The molecule has 0 amide bonds. The zero-order chi connectivity index (χ0) is 13.2. The molecule has 0 aromatic carbocycles. The third kappa shape index (κ3) is 6.45. The highest BCUT2D eigenvalue weighted by Gasteiger charge is 2.00. The first-order valence-electron chi connectivity index (χ1n) is 6.96. The van der Waals surface area contributed by atoms with Gasteiger partial charge in [-0.1, -0.05) is 12.8 Å². The third-order valence-corrected chi connectivity index (χ3v) is 3.66. The number of hydrogen-bond donors (Lipinski definition) is 1. The molecule has 1 rings (SSSR count). The average molecular weight is 269 g/mol. The van der Waals surface area contributed by atoms with Gasteiger partial charge in [0, 0.05) is 24.3 Å². The monoisotopic (exact) mass is 269 g/mol. The Balaban J connectivity index is 2.00. The Kier molecular flexibility index (Phi) is 8.18. The standard InChI is InChI=1S/C14H27N3S/c1-13(2)17-12-14(11-16-17)10-15-8-6-4-5-7-9-18-3/h11-13,15H,4-10H2,1-3H3. The van der Waals surface area contributed by atoms with Gasteiger partial charge >= 0.3 is 0 Å². The number of nitrogens with zero attached hydrogens (tertiary/aromatic N) is 2. The molecule has 0 atom stereocenters. The molecular formula is C14H27N3S. The van der Waals surface area contributed by atoms with Gasteiger partial charge in [-0.05, 0) is 45.2 Å². The van der Waals surface area contributed by atoms with Crippen molar-refractivity contribution >= 4 is 11.8 Å². The molecule has 0 fully saturated rings. The van der Waals surface area contributed by atoms with Crippen molar-refractivity contribution in [2.24, 2.45) is 0 Å². The second-order valence-electron chi connectivity index (χ2n) is 5.01. The summed E-state index contributed by atoms with van der Waals surface area (Å²) >= 11 is 1.95. The molecule has 1 heterocycles. The minimum absolute atomic E-state index is 0.454. The molecule has 0 aliphatic rings. The van der Waals surface area contributed by atoms with Crippen LogP contribution >= 0.6 is 11.8 Å². The summed E-state index contributed by atoms with van der Waals surface area (Å²) in [6, 6.07) is 0.454. The van der Waals surface area contributed by atoms with E-state index in [4.69, 9.17) is 0 Å². The molecule has 0 saturated heterocycles. The Bertz CT molecular complexity index is 310. The van der Waals surface area contributed by atoms with Crippen LogP contribution in [0.4, 0.5) is 0 Å². The van der Waals surface area contributed by atoms with E-state index in [9.17, 15) is 0 Å². The summed E-state index contributed by atoms with van der Waals surface area (Å²) in [6.07, 6.45) is 11.6. The highest BCUT2D eigenvalue weighted by molar-refractivity contribution is 7.98. The third-order valence-electron chi connectivity index (χ3n) is 2.97. The van der Waals surface area contributed by atoms with Crippen LogP contribution in [0, 0.1) is 0 Å². The fourth-order valence-corrected chi connectivity index (χ4v) is 2.33. The van der Waals surface area contributed by atoms with Gasteiger partial charge in [-0.25, -0.2) is 0 Å². The van der Waals surface area contributed by atoms with E-state index in [0.717, 1.165) is 13.1 Å². The lowest BCUT2D eigenvalue weighted by molar-refractivity contribution is 0.531. The highest BCUT2D eigenvalue weighted by Crippen LogP contribution is 2.06. The van der Waals surface area contributed by atoms with E-state index in [0.29, 0.717) is 6.04 Å². The quantitative estimate of drug-likeness (QED) is 0.660. The first-order chi connectivity index (χ1) is 8.74. The number of rotatable bonds is 10. The van der Waals surface area contributed by atoms with E-state index in [1.54, 1.807) is 0 Å². The van der Waals surface area contributed by atoms with Crippen molar-refractivity contribution in [2.45, 2.75) is 52.1 Å². The van der Waals surface area contributed by atoms with Gasteiger partial charge in [0.15, 0.2) is 0 Å². The van der Waals surface area contributed by atoms with E-state index in [1.807, 2.05) is 22.6 Å². The Morgan fingerprint density at radius 3 is 2.72 bits per heavy atom. The van der Waals surface area contributed by atoms with Crippen molar-refractivity contribution in [2.75, 3.05) is 18.6 Å². The van der Waals surface area contributed by atoms with Gasteiger partial charge in [0.05, 0.1) is 6.20 Å². The van der Waals surface area contributed by atoms with Gasteiger partial charge < -0.3 is 5.32 Å². The van der Waals surface area contributed by atoms with Gasteiger partial charge in [-0.15, -0.1) is 0 Å². The molecule has 0 radical (unpaired) electrons. The van der Waals surface area contributed by atoms with Crippen LogP contribution in [0.25, 0.3) is 0 Å². The zero-order valence-corrected chi connectivity index (χ0v) is 12.8. The maximum absolute atomic E-state index is 4.34. The van der Waals surface area contributed by atoms with Gasteiger partial charge in [0.25, 0.3) is 0 Å². The van der Waals surface area contributed by atoms with Crippen LogP contribution in [0.5, 0.6) is 0 Å². The maximum atomic E-state index is 4.34. The van der Waals surface area contributed by atoms with Crippen LogP contribution in [0.1, 0.15) is 51.1 Å². The Labute approximate surface area is 116 Å². The van der Waals surface area contributed by atoms with Gasteiger partial charge in [-0.3, -0.25) is 4.68 Å². The molecule has 0 aliphatic carbocycles. The molecule has 1 aromatic rings. The van der Waals surface area contributed by atoms with Crippen molar-refractivity contribution in [1.82, 2.24) is 15.1 Å². The predicted octanol–water partition coefficient (Wildman–Crippen LogP) is 3.48. The van der Waals surface area contributed by atoms with Crippen LogP contribution in [-0.2, 0) is 6.54 Å². The van der Waals surface area contributed by atoms with Gasteiger partial charge in [0.1, 0.15) is 0 Å². The summed E-state index contributed by atoms with van der Waals surface area (Å²) in [5, 5.41) is 7.83. The number of nitrogens with one attached hydrogen (secondary N) is 1. The van der Waals surface area contributed by atoms with Crippen molar-refractivity contribution < 1.29 is 0 Å². The number of thioether (sulfide) groups is 1. The molecule has 18 heavy (non-hydrogen) atoms. The van der Waals surface area contributed by atoms with E-state index in [2.05, 4.69) is 36.7 Å². The fraction of sp³-hybridized carbons (Fsp3) is 0.786. The number of aromatic nitrogens is 2. The van der Waals surface area contributed by atoms with Gasteiger partial charge in [-0.2, -0.15) is 16.9 Å². The lowest BCUT2D eigenvalue weighted by atomic mass is 10.2. The first-order valence-corrected chi connectivity index (χ1v) is 8.36. The summed E-state index contributed by atoms with van der Waals surface area (Å²) in [5.74, 6) is 1.31. The summed E-state index contributed by atoms with van der Waals surface area (Å²) in [6.45, 7) is 6.36. The average Bonchev–Trinajstić information content (AvgIpc) is 2.81. The lowest BCUT2D eigenvalue weighted by Gasteiger charge is -2.04. The Morgan fingerprint density at radius 1 is 1.28 bits per heavy atom. The molecule has 1 aromatic heterocycles. The second kappa shape index (κ2) is 9.45. The number of unbranched alkanes of at least 4 members (excludes halogenated alkanes) is 3.